The summed E-state index contributed by atoms with van der Waals surface area (Å²) in [6, 6.07) is 10.6. The molecule has 0 spiro atoms. The minimum absolute atomic E-state index is 0.194. The monoisotopic (exact) mass is 397 g/mol. The van der Waals surface area contributed by atoms with Gasteiger partial charge in [0.05, 0.1) is 27.4 Å². The molecular weight excluding hydrogens is 374 g/mol. The Morgan fingerprint density at radius 1 is 0.897 bits per heavy atom. The van der Waals surface area contributed by atoms with Gasteiger partial charge in [-0.25, -0.2) is 9.79 Å². The topological polar surface area (TPSA) is 75.6 Å². The van der Waals surface area contributed by atoms with Crippen molar-refractivity contribution < 1.29 is 28.5 Å². The van der Waals surface area contributed by atoms with Crippen LogP contribution in [0.25, 0.3) is 6.08 Å². The fourth-order valence-corrected chi connectivity index (χ4v) is 2.82. The summed E-state index contributed by atoms with van der Waals surface area (Å²) in [6.45, 7) is 4.80. The van der Waals surface area contributed by atoms with Gasteiger partial charge in [0, 0.05) is 5.56 Å². The summed E-state index contributed by atoms with van der Waals surface area (Å²) >= 11 is 0. The maximum Gasteiger partial charge on any atom is 0.363 e. The highest BCUT2D eigenvalue weighted by Gasteiger charge is 2.25. The molecule has 7 heteroatoms. The third-order valence-corrected chi connectivity index (χ3v) is 4.12. The van der Waals surface area contributed by atoms with Crippen molar-refractivity contribution >= 4 is 17.9 Å². The Labute approximate surface area is 169 Å². The van der Waals surface area contributed by atoms with Crippen LogP contribution in [0.15, 0.2) is 47.1 Å². The van der Waals surface area contributed by atoms with Crippen molar-refractivity contribution in [2.45, 2.75) is 13.8 Å². The zero-order chi connectivity index (χ0) is 20.8. The summed E-state index contributed by atoms with van der Waals surface area (Å²) in [7, 11) is 3.12. The van der Waals surface area contributed by atoms with E-state index in [1.54, 1.807) is 56.7 Å². The second-order valence-electron chi connectivity index (χ2n) is 5.98. The van der Waals surface area contributed by atoms with Crippen molar-refractivity contribution in [2.24, 2.45) is 4.99 Å². The summed E-state index contributed by atoms with van der Waals surface area (Å²) in [6.07, 6.45) is 1.63. The molecule has 2 aromatic carbocycles. The Kier molecular flexibility index (Phi) is 6.39. The molecule has 1 aliphatic rings. The van der Waals surface area contributed by atoms with Crippen LogP contribution in [-0.2, 0) is 9.53 Å². The van der Waals surface area contributed by atoms with Crippen LogP contribution >= 0.6 is 0 Å². The molecule has 0 radical (unpaired) electrons. The molecule has 0 unspecified atom stereocenters. The summed E-state index contributed by atoms with van der Waals surface area (Å²) in [5, 5.41) is 0. The van der Waals surface area contributed by atoms with Gasteiger partial charge in [0.15, 0.2) is 28.7 Å². The van der Waals surface area contributed by atoms with Crippen LogP contribution in [0.3, 0.4) is 0 Å². The molecule has 1 heterocycles. The lowest BCUT2D eigenvalue weighted by molar-refractivity contribution is -0.129. The van der Waals surface area contributed by atoms with E-state index in [9.17, 15) is 4.79 Å². The van der Waals surface area contributed by atoms with E-state index in [0.29, 0.717) is 41.8 Å². The quantitative estimate of drug-likeness (QED) is 0.498. The maximum absolute atomic E-state index is 12.3. The fourth-order valence-electron chi connectivity index (χ4n) is 2.82. The third kappa shape index (κ3) is 4.51. The van der Waals surface area contributed by atoms with Gasteiger partial charge in [-0.15, -0.1) is 0 Å². The van der Waals surface area contributed by atoms with Gasteiger partial charge in [0.25, 0.3) is 0 Å². The van der Waals surface area contributed by atoms with Gasteiger partial charge in [-0.2, -0.15) is 0 Å². The molecule has 0 saturated carbocycles. The Morgan fingerprint density at radius 3 is 2.28 bits per heavy atom. The molecule has 3 rings (SSSR count). The van der Waals surface area contributed by atoms with Gasteiger partial charge >= 0.3 is 5.97 Å². The van der Waals surface area contributed by atoms with Gasteiger partial charge < -0.3 is 23.7 Å². The number of benzene rings is 2. The number of esters is 1. The largest absolute Gasteiger partial charge is 0.493 e. The second kappa shape index (κ2) is 9.14. The first kappa shape index (κ1) is 20.3. The molecule has 29 heavy (non-hydrogen) atoms. The Hall–Kier alpha value is -3.48. The second-order valence-corrected chi connectivity index (χ2v) is 5.98. The van der Waals surface area contributed by atoms with Gasteiger partial charge in [-0.1, -0.05) is 6.07 Å². The molecule has 0 fully saturated rings. The highest BCUT2D eigenvalue weighted by Crippen LogP contribution is 2.31. The van der Waals surface area contributed by atoms with Crippen LogP contribution in [0.2, 0.25) is 0 Å². The summed E-state index contributed by atoms with van der Waals surface area (Å²) in [5.41, 5.74) is 1.56. The Balaban J connectivity index is 1.92. The van der Waals surface area contributed by atoms with Crippen molar-refractivity contribution in [1.82, 2.24) is 0 Å². The zero-order valence-corrected chi connectivity index (χ0v) is 16.9. The van der Waals surface area contributed by atoms with Gasteiger partial charge in [0.1, 0.15) is 0 Å². The van der Waals surface area contributed by atoms with E-state index in [1.807, 2.05) is 13.8 Å². The van der Waals surface area contributed by atoms with Crippen molar-refractivity contribution in [3.05, 3.63) is 53.2 Å². The zero-order valence-electron chi connectivity index (χ0n) is 16.9. The third-order valence-electron chi connectivity index (χ3n) is 4.12. The van der Waals surface area contributed by atoms with Crippen molar-refractivity contribution in [2.75, 3.05) is 27.4 Å². The number of aliphatic imine (C=N–C) groups is 1. The van der Waals surface area contributed by atoms with Crippen molar-refractivity contribution in [1.29, 1.82) is 0 Å². The lowest BCUT2D eigenvalue weighted by Crippen LogP contribution is -2.06. The minimum Gasteiger partial charge on any atom is -0.493 e. The predicted octanol–water partition coefficient (Wildman–Crippen LogP) is 3.85. The molecule has 0 aliphatic carbocycles. The molecule has 0 atom stereocenters. The molecule has 0 saturated heterocycles. The summed E-state index contributed by atoms with van der Waals surface area (Å²) < 4.78 is 27.1. The highest BCUT2D eigenvalue weighted by molar-refractivity contribution is 6.13. The van der Waals surface area contributed by atoms with Crippen LogP contribution in [0.1, 0.15) is 25.0 Å². The van der Waals surface area contributed by atoms with Gasteiger partial charge in [-0.3, -0.25) is 0 Å². The molecule has 0 N–H and O–H groups in total. The van der Waals surface area contributed by atoms with E-state index >= 15 is 0 Å². The first-order chi connectivity index (χ1) is 14.1. The number of cyclic esters (lactones) is 1. The SMILES string of the molecule is CCOc1ccc(C2=NC(=Cc3ccc(OC)c(OC)c3)C(=O)O2)cc1OCC. The smallest absolute Gasteiger partial charge is 0.363 e. The first-order valence-corrected chi connectivity index (χ1v) is 9.24. The van der Waals surface area contributed by atoms with Crippen LogP contribution in [-0.4, -0.2) is 39.3 Å². The Bertz CT molecular complexity index is 964. The van der Waals surface area contributed by atoms with Crippen molar-refractivity contribution in [3.63, 3.8) is 0 Å². The number of hydrogen-bond acceptors (Lipinski definition) is 7. The van der Waals surface area contributed by atoms with Crippen LogP contribution < -0.4 is 18.9 Å². The number of methoxy groups -OCH3 is 2. The number of nitrogens with zero attached hydrogens (tertiary/aromatic N) is 1. The lowest BCUT2D eigenvalue weighted by atomic mass is 10.1. The average molecular weight is 397 g/mol. The minimum atomic E-state index is -0.526. The molecule has 1 aliphatic heterocycles. The standard InChI is InChI=1S/C22H23NO6/c1-5-27-18-10-8-15(13-20(18)28-6-2)21-23-16(22(24)29-21)11-14-7-9-17(25-3)19(12-14)26-4/h7-13H,5-6H2,1-4H3. The number of ether oxygens (including phenoxy) is 5. The first-order valence-electron chi connectivity index (χ1n) is 9.24. The van der Waals surface area contributed by atoms with Crippen LogP contribution in [0.5, 0.6) is 23.0 Å². The maximum atomic E-state index is 12.3. The van der Waals surface area contributed by atoms with E-state index < -0.39 is 5.97 Å². The molecular formula is C22H23NO6. The number of carbonyl (C=O) groups is 1. The van der Waals surface area contributed by atoms with Crippen LogP contribution in [0, 0.1) is 0 Å². The molecule has 0 bridgehead atoms. The normalized spacial score (nSPS) is 14.4. The summed E-state index contributed by atoms with van der Waals surface area (Å²) in [4.78, 5) is 16.7. The lowest BCUT2D eigenvalue weighted by Gasteiger charge is -2.11. The Morgan fingerprint density at radius 2 is 1.59 bits per heavy atom. The van der Waals surface area contributed by atoms with Crippen molar-refractivity contribution in [3.8, 4) is 23.0 Å². The summed E-state index contributed by atoms with van der Waals surface area (Å²) in [5.74, 6) is 2.05. The van der Waals surface area contributed by atoms with E-state index in [4.69, 9.17) is 23.7 Å². The predicted molar refractivity (Wildman–Crippen MR) is 109 cm³/mol. The highest BCUT2D eigenvalue weighted by atomic mass is 16.6. The van der Waals surface area contributed by atoms with Crippen LogP contribution in [0.4, 0.5) is 0 Å². The molecule has 0 amide bonds. The van der Waals surface area contributed by atoms with E-state index in [2.05, 4.69) is 4.99 Å². The molecule has 152 valence electrons. The van der Waals surface area contributed by atoms with Gasteiger partial charge in [-0.05, 0) is 55.8 Å². The van der Waals surface area contributed by atoms with E-state index in [1.165, 1.54) is 0 Å². The number of carbonyl (C=O) groups excluding carboxylic acids is 1. The fraction of sp³-hybridized carbons (Fsp3) is 0.273. The average Bonchev–Trinajstić information content (AvgIpc) is 3.09. The molecule has 2 aromatic rings. The van der Waals surface area contributed by atoms with E-state index in [0.717, 1.165) is 5.56 Å². The number of rotatable bonds is 8. The molecule has 7 nitrogen and oxygen atoms in total. The van der Waals surface area contributed by atoms with Gasteiger partial charge in [0.2, 0.25) is 5.90 Å². The molecule has 0 aromatic heterocycles. The van der Waals surface area contributed by atoms with E-state index in [-0.39, 0.29) is 11.6 Å². The number of hydrogen-bond donors (Lipinski definition) is 0.